The van der Waals surface area contributed by atoms with Crippen LogP contribution in [-0.2, 0) is 24.4 Å². The van der Waals surface area contributed by atoms with Crippen LogP contribution in [0.5, 0.6) is 11.5 Å². The average Bonchev–Trinajstić information content (AvgIpc) is 3.58. The maximum absolute atomic E-state index is 12.9. The molecule has 0 aliphatic heterocycles. The molecule has 1 atom stereocenters. The normalized spacial score (nSPS) is 11.8. The Morgan fingerprint density at radius 1 is 0.784 bits per heavy atom. The molecule has 9 heteroatoms. The van der Waals surface area contributed by atoms with Crippen molar-refractivity contribution in [1.82, 2.24) is 20.3 Å². The molecule has 0 bridgehead atoms. The molecule has 6 aromatic rings. The first-order valence-electron chi connectivity index (χ1n) is 17.7. The Morgan fingerprint density at radius 2 is 1.41 bits per heavy atom. The molecule has 1 amide bonds. The highest BCUT2D eigenvalue weighted by atomic mass is 35.5. The Kier molecular flexibility index (Phi) is 13.4. The number of fused-ring (bicyclic) bond motifs is 2. The van der Waals surface area contributed by atoms with Crippen molar-refractivity contribution in [3.8, 4) is 22.6 Å². The zero-order valence-electron chi connectivity index (χ0n) is 29.5. The maximum atomic E-state index is 12.9. The standard InChI is InChI=1S/C42H47N5O3.ClH/c1-30(2)23-25-49-38-21-19-32-14-6-8-17-36(32)41(38)42-37-18-9-7-15-33(37)20-22-39(42)50-29-35-28-47(46-45-35)27-34(16-10-11-24-43)44-40(48)26-31-12-4-3-5-13-31;/h3-9,12-15,17-22,28,30,34H,10-11,16,23-27,29,43H2,1-2H3,(H,44,48);1H/t34-;/m1./s1. The number of aromatic nitrogens is 3. The van der Waals surface area contributed by atoms with E-state index >= 15 is 0 Å². The summed E-state index contributed by atoms with van der Waals surface area (Å²) in [6.07, 6.45) is 5.82. The number of nitrogens with two attached hydrogens (primary N) is 1. The van der Waals surface area contributed by atoms with Gasteiger partial charge in [0, 0.05) is 17.2 Å². The number of ether oxygens (including phenoxy) is 2. The molecular weight excluding hydrogens is 658 g/mol. The third-order valence-electron chi connectivity index (χ3n) is 8.93. The molecule has 6 rings (SSSR count). The second-order valence-corrected chi connectivity index (χ2v) is 13.3. The molecule has 266 valence electrons. The number of benzene rings is 5. The lowest BCUT2D eigenvalue weighted by Gasteiger charge is -2.20. The van der Waals surface area contributed by atoms with Crippen LogP contribution in [0.4, 0.5) is 0 Å². The first-order valence-corrected chi connectivity index (χ1v) is 17.7. The van der Waals surface area contributed by atoms with Gasteiger partial charge in [-0.3, -0.25) is 9.48 Å². The van der Waals surface area contributed by atoms with Gasteiger partial charge in [-0.2, -0.15) is 0 Å². The number of hydrogen-bond acceptors (Lipinski definition) is 6. The highest BCUT2D eigenvalue weighted by Gasteiger charge is 2.20. The third-order valence-corrected chi connectivity index (χ3v) is 8.93. The van der Waals surface area contributed by atoms with E-state index in [1.54, 1.807) is 4.68 Å². The molecule has 0 saturated carbocycles. The topological polar surface area (TPSA) is 104 Å². The fourth-order valence-electron chi connectivity index (χ4n) is 6.34. The zero-order chi connectivity index (χ0) is 34.7. The van der Waals surface area contributed by atoms with Crippen LogP contribution in [0, 0.1) is 5.92 Å². The summed E-state index contributed by atoms with van der Waals surface area (Å²) in [6.45, 7) is 6.41. The van der Waals surface area contributed by atoms with E-state index in [2.05, 4.69) is 96.2 Å². The minimum atomic E-state index is -0.0965. The number of nitrogens with zero attached hydrogens (tertiary/aromatic N) is 3. The van der Waals surface area contributed by atoms with Crippen molar-refractivity contribution < 1.29 is 14.3 Å². The van der Waals surface area contributed by atoms with Gasteiger partial charge in [-0.15, -0.1) is 17.5 Å². The Hall–Kier alpha value is -4.92. The van der Waals surface area contributed by atoms with E-state index in [0.29, 0.717) is 37.7 Å². The van der Waals surface area contributed by atoms with Crippen LogP contribution in [0.15, 0.2) is 109 Å². The van der Waals surface area contributed by atoms with Crippen LogP contribution in [0.3, 0.4) is 0 Å². The fourth-order valence-corrected chi connectivity index (χ4v) is 6.34. The van der Waals surface area contributed by atoms with E-state index in [4.69, 9.17) is 15.2 Å². The lowest BCUT2D eigenvalue weighted by atomic mass is 9.92. The Bertz CT molecular complexity index is 2010. The molecule has 0 aliphatic carbocycles. The van der Waals surface area contributed by atoms with Crippen molar-refractivity contribution in [2.75, 3.05) is 13.2 Å². The Balaban J connectivity index is 0.00000504. The number of hydrogen-bond donors (Lipinski definition) is 2. The SMILES string of the molecule is CC(C)CCOc1ccc2ccccc2c1-c1c(OCc2cn(C[C@@H](CCCCN)NC(=O)Cc3ccccc3)nn2)ccc2ccccc12.Cl. The summed E-state index contributed by atoms with van der Waals surface area (Å²) in [5, 5.41) is 16.5. The molecule has 0 radical (unpaired) electrons. The number of nitrogens with one attached hydrogen (secondary N) is 1. The summed E-state index contributed by atoms with van der Waals surface area (Å²) >= 11 is 0. The van der Waals surface area contributed by atoms with Gasteiger partial charge < -0.3 is 20.5 Å². The molecule has 0 unspecified atom stereocenters. The van der Waals surface area contributed by atoms with Gasteiger partial charge in [-0.05, 0) is 71.0 Å². The quantitative estimate of drug-likeness (QED) is 0.0922. The van der Waals surface area contributed by atoms with E-state index in [1.807, 2.05) is 42.6 Å². The third kappa shape index (κ3) is 9.87. The molecule has 5 aromatic carbocycles. The van der Waals surface area contributed by atoms with E-state index in [0.717, 1.165) is 75.4 Å². The number of unbranched alkanes of at least 4 members (excludes halogenated alkanes) is 1. The summed E-state index contributed by atoms with van der Waals surface area (Å²) in [7, 11) is 0. The molecule has 0 spiro atoms. The monoisotopic (exact) mass is 705 g/mol. The lowest BCUT2D eigenvalue weighted by molar-refractivity contribution is -0.121. The van der Waals surface area contributed by atoms with Gasteiger partial charge >= 0.3 is 0 Å². The fraction of sp³-hybridized carbons (Fsp3) is 0.310. The van der Waals surface area contributed by atoms with Crippen LogP contribution in [0.1, 0.15) is 50.8 Å². The second-order valence-electron chi connectivity index (χ2n) is 13.3. The second kappa shape index (κ2) is 18.4. The van der Waals surface area contributed by atoms with Crippen molar-refractivity contribution in [2.45, 2.75) is 65.1 Å². The van der Waals surface area contributed by atoms with Gasteiger partial charge in [0.05, 0.1) is 25.8 Å². The van der Waals surface area contributed by atoms with E-state index < -0.39 is 0 Å². The molecule has 1 heterocycles. The summed E-state index contributed by atoms with van der Waals surface area (Å²) in [5.41, 5.74) is 9.46. The Labute approximate surface area is 306 Å². The predicted octanol–water partition coefficient (Wildman–Crippen LogP) is 8.53. The number of carbonyl (C=O) groups is 1. The van der Waals surface area contributed by atoms with Crippen LogP contribution in [0.25, 0.3) is 32.7 Å². The van der Waals surface area contributed by atoms with Gasteiger partial charge in [0.15, 0.2) is 0 Å². The summed E-state index contributed by atoms with van der Waals surface area (Å²) in [4.78, 5) is 12.9. The molecule has 0 aliphatic rings. The highest BCUT2D eigenvalue weighted by molar-refractivity contribution is 6.09. The molecule has 51 heavy (non-hydrogen) atoms. The minimum Gasteiger partial charge on any atom is -0.493 e. The number of rotatable bonds is 17. The lowest BCUT2D eigenvalue weighted by Crippen LogP contribution is -2.39. The zero-order valence-corrected chi connectivity index (χ0v) is 30.3. The van der Waals surface area contributed by atoms with Gasteiger partial charge in [-0.25, -0.2) is 0 Å². The predicted molar refractivity (Wildman–Crippen MR) is 208 cm³/mol. The smallest absolute Gasteiger partial charge is 0.224 e. The molecule has 0 fully saturated rings. The first-order chi connectivity index (χ1) is 24.5. The number of halogens is 1. The van der Waals surface area contributed by atoms with E-state index in [9.17, 15) is 4.79 Å². The van der Waals surface area contributed by atoms with E-state index in [-0.39, 0.29) is 31.0 Å². The molecule has 3 N–H and O–H groups in total. The molecule has 1 aromatic heterocycles. The van der Waals surface area contributed by atoms with Crippen molar-refractivity contribution >= 4 is 39.9 Å². The van der Waals surface area contributed by atoms with Crippen molar-refractivity contribution in [3.63, 3.8) is 0 Å². The van der Waals surface area contributed by atoms with Crippen molar-refractivity contribution in [1.29, 1.82) is 0 Å². The van der Waals surface area contributed by atoms with Gasteiger partial charge in [0.25, 0.3) is 0 Å². The van der Waals surface area contributed by atoms with Gasteiger partial charge in [0.1, 0.15) is 23.8 Å². The Morgan fingerprint density at radius 3 is 2.06 bits per heavy atom. The van der Waals surface area contributed by atoms with Crippen LogP contribution >= 0.6 is 12.4 Å². The highest BCUT2D eigenvalue weighted by Crippen LogP contribution is 2.45. The summed E-state index contributed by atoms with van der Waals surface area (Å²) in [5.74, 6) is 2.11. The largest absolute Gasteiger partial charge is 0.493 e. The number of amides is 1. The molecular formula is C42H48ClN5O3. The molecule has 0 saturated heterocycles. The van der Waals surface area contributed by atoms with Crippen LogP contribution < -0.4 is 20.5 Å². The van der Waals surface area contributed by atoms with Crippen LogP contribution in [-0.4, -0.2) is 40.1 Å². The number of carbonyl (C=O) groups excluding carboxylic acids is 1. The minimum absolute atomic E-state index is 0. The average molecular weight is 706 g/mol. The van der Waals surface area contributed by atoms with Crippen LogP contribution in [0.2, 0.25) is 0 Å². The first kappa shape index (κ1) is 37.3. The summed E-state index contributed by atoms with van der Waals surface area (Å²) in [6, 6.07) is 34.8. The van der Waals surface area contributed by atoms with Crippen molar-refractivity contribution in [2.24, 2.45) is 11.7 Å². The van der Waals surface area contributed by atoms with Crippen molar-refractivity contribution in [3.05, 3.63) is 121 Å². The summed E-state index contributed by atoms with van der Waals surface area (Å²) < 4.78 is 14.9. The van der Waals surface area contributed by atoms with E-state index in [1.165, 1.54) is 0 Å². The van der Waals surface area contributed by atoms with Gasteiger partial charge in [-0.1, -0.05) is 116 Å². The molecule has 8 nitrogen and oxygen atoms in total. The maximum Gasteiger partial charge on any atom is 0.224 e. The van der Waals surface area contributed by atoms with Gasteiger partial charge in [0.2, 0.25) is 5.91 Å².